The zero-order chi connectivity index (χ0) is 10.8. The highest BCUT2D eigenvalue weighted by molar-refractivity contribution is 5.83. The summed E-state index contributed by atoms with van der Waals surface area (Å²) in [5, 5.41) is 12.1. The molecule has 0 bridgehead atoms. The van der Waals surface area contributed by atoms with Crippen molar-refractivity contribution in [2.24, 2.45) is 0 Å². The third kappa shape index (κ3) is 2.45. The summed E-state index contributed by atoms with van der Waals surface area (Å²) in [6.45, 7) is 7.67. The van der Waals surface area contributed by atoms with Crippen LogP contribution in [0.3, 0.4) is 0 Å². The third-order valence-electron chi connectivity index (χ3n) is 2.56. The van der Waals surface area contributed by atoms with Crippen LogP contribution in [-0.4, -0.2) is 47.2 Å². The van der Waals surface area contributed by atoms with Gasteiger partial charge in [0.1, 0.15) is 0 Å². The SMILES string of the molecule is CCN1CC(C)(C)NC(CCO)C1=O. The second kappa shape index (κ2) is 4.28. The maximum atomic E-state index is 11.8. The lowest BCUT2D eigenvalue weighted by Crippen LogP contribution is -2.64. The molecule has 14 heavy (non-hydrogen) atoms. The van der Waals surface area contributed by atoms with E-state index in [2.05, 4.69) is 19.2 Å². The average Bonchev–Trinajstić information content (AvgIpc) is 2.11. The van der Waals surface area contributed by atoms with E-state index >= 15 is 0 Å². The molecule has 0 aromatic heterocycles. The Hall–Kier alpha value is -0.610. The van der Waals surface area contributed by atoms with Crippen LogP contribution >= 0.6 is 0 Å². The number of likely N-dealkylation sites (N-methyl/N-ethyl adjacent to an activating group) is 1. The van der Waals surface area contributed by atoms with Gasteiger partial charge in [-0.25, -0.2) is 0 Å². The van der Waals surface area contributed by atoms with Crippen LogP contribution in [-0.2, 0) is 4.79 Å². The molecule has 4 nitrogen and oxygen atoms in total. The number of piperazine rings is 1. The number of carbonyl (C=O) groups excluding carboxylic acids is 1. The van der Waals surface area contributed by atoms with Gasteiger partial charge in [0.05, 0.1) is 6.04 Å². The number of aliphatic hydroxyl groups is 1. The highest BCUT2D eigenvalue weighted by atomic mass is 16.3. The number of hydrogen-bond acceptors (Lipinski definition) is 3. The van der Waals surface area contributed by atoms with E-state index < -0.39 is 0 Å². The van der Waals surface area contributed by atoms with Gasteiger partial charge in [0, 0.05) is 25.2 Å². The predicted octanol–water partition coefficient (Wildman–Crippen LogP) is -0.0323. The number of hydrogen-bond donors (Lipinski definition) is 2. The number of aliphatic hydroxyl groups excluding tert-OH is 1. The van der Waals surface area contributed by atoms with Gasteiger partial charge in [-0.2, -0.15) is 0 Å². The van der Waals surface area contributed by atoms with Crippen molar-refractivity contribution < 1.29 is 9.90 Å². The molecule has 1 unspecified atom stereocenters. The number of rotatable bonds is 3. The normalized spacial score (nSPS) is 26.7. The van der Waals surface area contributed by atoms with Crippen molar-refractivity contribution in [3.63, 3.8) is 0 Å². The second-order valence-electron chi connectivity index (χ2n) is 4.45. The van der Waals surface area contributed by atoms with Crippen molar-refractivity contribution in [3.05, 3.63) is 0 Å². The van der Waals surface area contributed by atoms with Crippen LogP contribution < -0.4 is 5.32 Å². The first kappa shape index (κ1) is 11.5. The van der Waals surface area contributed by atoms with Crippen molar-refractivity contribution in [3.8, 4) is 0 Å². The second-order valence-corrected chi connectivity index (χ2v) is 4.45. The lowest BCUT2D eigenvalue weighted by molar-refractivity contribution is -0.138. The summed E-state index contributed by atoms with van der Waals surface area (Å²) in [6, 6.07) is -0.219. The van der Waals surface area contributed by atoms with Crippen LogP contribution in [0.5, 0.6) is 0 Å². The van der Waals surface area contributed by atoms with Crippen molar-refractivity contribution >= 4 is 5.91 Å². The molecule has 1 saturated heterocycles. The first-order chi connectivity index (χ1) is 6.50. The summed E-state index contributed by atoms with van der Waals surface area (Å²) in [5.41, 5.74) is -0.0518. The van der Waals surface area contributed by atoms with Crippen molar-refractivity contribution in [1.82, 2.24) is 10.2 Å². The van der Waals surface area contributed by atoms with Crippen molar-refractivity contribution in [1.29, 1.82) is 0 Å². The number of nitrogens with one attached hydrogen (secondary N) is 1. The lowest BCUT2D eigenvalue weighted by Gasteiger charge is -2.42. The van der Waals surface area contributed by atoms with Gasteiger partial charge in [-0.15, -0.1) is 0 Å². The zero-order valence-corrected chi connectivity index (χ0v) is 9.21. The molecule has 2 N–H and O–H groups in total. The monoisotopic (exact) mass is 200 g/mol. The molecule has 1 aliphatic rings. The van der Waals surface area contributed by atoms with Gasteiger partial charge >= 0.3 is 0 Å². The summed E-state index contributed by atoms with van der Waals surface area (Å²) < 4.78 is 0. The van der Waals surface area contributed by atoms with Crippen molar-refractivity contribution in [2.75, 3.05) is 19.7 Å². The topological polar surface area (TPSA) is 52.6 Å². The van der Waals surface area contributed by atoms with Gasteiger partial charge in [-0.3, -0.25) is 10.1 Å². The summed E-state index contributed by atoms with van der Waals surface area (Å²) in [4.78, 5) is 13.6. The van der Waals surface area contributed by atoms with Crippen LogP contribution in [0.15, 0.2) is 0 Å². The van der Waals surface area contributed by atoms with E-state index in [4.69, 9.17) is 5.11 Å². The van der Waals surface area contributed by atoms with Gasteiger partial charge in [0.2, 0.25) is 5.91 Å². The largest absolute Gasteiger partial charge is 0.396 e. The Kier molecular flexibility index (Phi) is 3.50. The molecule has 1 aliphatic heterocycles. The van der Waals surface area contributed by atoms with Gasteiger partial charge in [-0.05, 0) is 27.2 Å². The van der Waals surface area contributed by atoms with Crippen LogP contribution in [0.1, 0.15) is 27.2 Å². The lowest BCUT2D eigenvalue weighted by atomic mass is 9.97. The summed E-state index contributed by atoms with van der Waals surface area (Å²) >= 11 is 0. The minimum absolute atomic E-state index is 0.0518. The minimum atomic E-state index is -0.219. The molecule has 0 radical (unpaired) electrons. The minimum Gasteiger partial charge on any atom is -0.396 e. The Labute approximate surface area is 85.3 Å². The van der Waals surface area contributed by atoms with Crippen molar-refractivity contribution in [2.45, 2.75) is 38.8 Å². The zero-order valence-electron chi connectivity index (χ0n) is 9.21. The van der Waals surface area contributed by atoms with E-state index in [9.17, 15) is 4.79 Å². The van der Waals surface area contributed by atoms with Crippen LogP contribution in [0.4, 0.5) is 0 Å². The Balaban J connectivity index is 2.71. The fourth-order valence-corrected chi connectivity index (χ4v) is 1.95. The smallest absolute Gasteiger partial charge is 0.239 e. The van der Waals surface area contributed by atoms with E-state index in [0.29, 0.717) is 6.42 Å². The van der Waals surface area contributed by atoms with E-state index in [1.807, 2.05) is 11.8 Å². The average molecular weight is 200 g/mol. The summed E-state index contributed by atoms with van der Waals surface area (Å²) in [5.74, 6) is 0.112. The van der Waals surface area contributed by atoms with E-state index in [-0.39, 0.29) is 24.1 Å². The Bertz CT molecular complexity index is 216. The van der Waals surface area contributed by atoms with E-state index in [1.165, 1.54) is 0 Å². The molecule has 1 amide bonds. The van der Waals surface area contributed by atoms with Gasteiger partial charge in [0.25, 0.3) is 0 Å². The number of nitrogens with zero attached hydrogens (tertiary/aromatic N) is 1. The number of amides is 1. The fourth-order valence-electron chi connectivity index (χ4n) is 1.95. The molecule has 1 heterocycles. The molecule has 1 rings (SSSR count). The van der Waals surface area contributed by atoms with Gasteiger partial charge in [0.15, 0.2) is 0 Å². The van der Waals surface area contributed by atoms with E-state index in [1.54, 1.807) is 0 Å². The quantitative estimate of drug-likeness (QED) is 0.672. The van der Waals surface area contributed by atoms with Gasteiger partial charge < -0.3 is 10.0 Å². The molecule has 0 spiro atoms. The van der Waals surface area contributed by atoms with E-state index in [0.717, 1.165) is 13.1 Å². The predicted molar refractivity (Wildman–Crippen MR) is 55.0 cm³/mol. The molecule has 0 aromatic rings. The third-order valence-corrected chi connectivity index (χ3v) is 2.56. The summed E-state index contributed by atoms with van der Waals surface area (Å²) in [7, 11) is 0. The molecule has 82 valence electrons. The first-order valence-corrected chi connectivity index (χ1v) is 5.17. The Morgan fingerprint density at radius 1 is 1.64 bits per heavy atom. The highest BCUT2D eigenvalue weighted by Crippen LogP contribution is 2.16. The Morgan fingerprint density at radius 2 is 2.29 bits per heavy atom. The molecule has 1 atom stereocenters. The standard InChI is InChI=1S/C10H20N2O2/c1-4-12-7-10(2,3)11-8(5-6-13)9(12)14/h8,11,13H,4-7H2,1-3H3. The fraction of sp³-hybridized carbons (Fsp3) is 0.900. The van der Waals surface area contributed by atoms with Gasteiger partial charge in [-0.1, -0.05) is 0 Å². The highest BCUT2D eigenvalue weighted by Gasteiger charge is 2.36. The molecule has 4 heteroatoms. The molecular formula is C10H20N2O2. The molecule has 1 fully saturated rings. The number of carbonyl (C=O) groups is 1. The molecule has 0 saturated carbocycles. The van der Waals surface area contributed by atoms with Crippen LogP contribution in [0.25, 0.3) is 0 Å². The molecule has 0 aliphatic carbocycles. The maximum absolute atomic E-state index is 11.8. The molecular weight excluding hydrogens is 180 g/mol. The summed E-state index contributed by atoms with van der Waals surface area (Å²) in [6.07, 6.45) is 0.499. The van der Waals surface area contributed by atoms with Crippen LogP contribution in [0, 0.1) is 0 Å². The Morgan fingerprint density at radius 3 is 2.79 bits per heavy atom. The first-order valence-electron chi connectivity index (χ1n) is 5.17. The molecule has 0 aromatic carbocycles. The van der Waals surface area contributed by atoms with Crippen LogP contribution in [0.2, 0.25) is 0 Å². The maximum Gasteiger partial charge on any atom is 0.239 e.